The fourth-order valence-corrected chi connectivity index (χ4v) is 5.54. The lowest BCUT2D eigenvalue weighted by atomic mass is 10.0. The number of halogens is 5. The van der Waals surface area contributed by atoms with Crippen LogP contribution >= 0.6 is 23.2 Å². The molecule has 5 aromatic rings. The Kier molecular flexibility index (Phi) is 6.90. The van der Waals surface area contributed by atoms with Gasteiger partial charge in [-0.15, -0.1) is 0 Å². The van der Waals surface area contributed by atoms with E-state index in [1.54, 1.807) is 29.2 Å². The topological polar surface area (TPSA) is 53.7 Å². The highest BCUT2D eigenvalue weighted by Gasteiger charge is 2.36. The van der Waals surface area contributed by atoms with Crippen LogP contribution in [0.5, 0.6) is 0 Å². The van der Waals surface area contributed by atoms with Gasteiger partial charge in [0, 0.05) is 48.3 Å². The summed E-state index contributed by atoms with van der Waals surface area (Å²) in [4.78, 5) is 21.9. The number of carbonyl (C=O) groups is 1. The predicted octanol–water partition coefficient (Wildman–Crippen LogP) is 6.83. The molecule has 1 fully saturated rings. The Morgan fingerprint density at radius 2 is 1.68 bits per heavy atom. The van der Waals surface area contributed by atoms with Gasteiger partial charge in [-0.2, -0.15) is 18.3 Å². The van der Waals surface area contributed by atoms with Crippen molar-refractivity contribution in [3.63, 3.8) is 0 Å². The van der Waals surface area contributed by atoms with Crippen molar-refractivity contribution in [3.8, 4) is 11.3 Å². The maximum absolute atomic E-state index is 14.2. The largest absolute Gasteiger partial charge is 0.433 e. The minimum atomic E-state index is -4.71. The Morgan fingerprint density at radius 1 is 0.925 bits per heavy atom. The van der Waals surface area contributed by atoms with Gasteiger partial charge >= 0.3 is 6.18 Å². The van der Waals surface area contributed by atoms with Gasteiger partial charge in [-0.25, -0.2) is 9.50 Å². The van der Waals surface area contributed by atoms with Gasteiger partial charge in [0.25, 0.3) is 5.91 Å². The number of benzene rings is 3. The van der Waals surface area contributed by atoms with E-state index in [4.69, 9.17) is 23.2 Å². The summed E-state index contributed by atoms with van der Waals surface area (Å²) in [5.74, 6) is -0.408. The number of fused-ring (bicyclic) bond motifs is 2. The van der Waals surface area contributed by atoms with Crippen LogP contribution in [0.2, 0.25) is 10.0 Å². The molecule has 1 aliphatic heterocycles. The predicted molar refractivity (Wildman–Crippen MR) is 149 cm³/mol. The third-order valence-electron chi connectivity index (χ3n) is 7.13. The van der Waals surface area contributed by atoms with Crippen LogP contribution < -0.4 is 0 Å². The van der Waals surface area contributed by atoms with E-state index in [-0.39, 0.29) is 16.9 Å². The number of alkyl halides is 3. The fraction of sp³-hybridized carbons (Fsp3) is 0.207. The number of aromatic nitrogens is 3. The second-order valence-electron chi connectivity index (χ2n) is 9.65. The molecular formula is C29H22Cl2F3N5O. The molecular weight excluding hydrogens is 562 g/mol. The average molecular weight is 584 g/mol. The summed E-state index contributed by atoms with van der Waals surface area (Å²) in [6.45, 7) is 2.55. The van der Waals surface area contributed by atoms with Crippen molar-refractivity contribution in [3.05, 3.63) is 99.8 Å². The molecule has 6 rings (SSSR count). The zero-order valence-corrected chi connectivity index (χ0v) is 22.5. The van der Waals surface area contributed by atoms with E-state index in [0.29, 0.717) is 52.8 Å². The lowest BCUT2D eigenvalue weighted by Gasteiger charge is -2.34. The maximum Gasteiger partial charge on any atom is 0.433 e. The van der Waals surface area contributed by atoms with Crippen molar-refractivity contribution in [2.45, 2.75) is 12.7 Å². The standard InChI is InChI=1S/C29H22Cl2F3N5O/c30-20-9-8-19(24(31)14-20)17-37-10-12-38(13-11-37)28(40)23-16-35-39-26(29(32,33)34)15-25(36-27(23)39)22-7-3-5-18-4-1-2-6-21(18)22/h1-9,14-16H,10-13,17H2. The van der Waals surface area contributed by atoms with Crippen LogP contribution in [-0.2, 0) is 12.7 Å². The number of rotatable bonds is 4. The van der Waals surface area contributed by atoms with Gasteiger partial charge in [-0.1, -0.05) is 71.7 Å². The van der Waals surface area contributed by atoms with Crippen LogP contribution in [0.25, 0.3) is 27.7 Å². The smallest absolute Gasteiger partial charge is 0.336 e. The van der Waals surface area contributed by atoms with E-state index in [9.17, 15) is 18.0 Å². The fourth-order valence-electron chi connectivity index (χ4n) is 5.07. The van der Waals surface area contributed by atoms with Crippen LogP contribution in [0, 0.1) is 0 Å². The van der Waals surface area contributed by atoms with Crippen molar-refractivity contribution in [2.24, 2.45) is 0 Å². The third kappa shape index (κ3) is 5.00. The molecule has 1 amide bonds. The first kappa shape index (κ1) is 26.6. The molecule has 6 nitrogen and oxygen atoms in total. The number of nitrogens with zero attached hydrogens (tertiary/aromatic N) is 5. The first-order chi connectivity index (χ1) is 19.2. The van der Waals surface area contributed by atoms with E-state index in [2.05, 4.69) is 15.0 Å². The number of amides is 1. The van der Waals surface area contributed by atoms with Gasteiger partial charge in [-0.05, 0) is 34.5 Å². The normalized spacial score (nSPS) is 14.8. The molecule has 0 atom stereocenters. The van der Waals surface area contributed by atoms with E-state index in [1.807, 2.05) is 36.4 Å². The summed E-state index contributed by atoms with van der Waals surface area (Å²) < 4.78 is 43.2. The monoisotopic (exact) mass is 583 g/mol. The number of hydrogen-bond acceptors (Lipinski definition) is 4. The Balaban J connectivity index is 1.31. The quantitative estimate of drug-likeness (QED) is 0.232. The minimum Gasteiger partial charge on any atom is -0.336 e. The SMILES string of the molecule is O=C(c1cnn2c(C(F)(F)F)cc(-c3cccc4ccccc34)nc12)N1CCN(Cc2ccc(Cl)cc2Cl)CC1. The zero-order chi connectivity index (χ0) is 28.0. The summed E-state index contributed by atoms with van der Waals surface area (Å²) in [7, 11) is 0. The Morgan fingerprint density at radius 3 is 2.42 bits per heavy atom. The highest BCUT2D eigenvalue weighted by molar-refractivity contribution is 6.35. The van der Waals surface area contributed by atoms with Gasteiger partial charge in [-0.3, -0.25) is 9.69 Å². The molecule has 0 radical (unpaired) electrons. The van der Waals surface area contributed by atoms with E-state index in [0.717, 1.165) is 22.4 Å². The molecule has 0 aliphatic carbocycles. The lowest BCUT2D eigenvalue weighted by Crippen LogP contribution is -2.48. The van der Waals surface area contributed by atoms with Gasteiger partial charge in [0.15, 0.2) is 11.3 Å². The van der Waals surface area contributed by atoms with Crippen LogP contribution in [-0.4, -0.2) is 56.5 Å². The molecule has 1 saturated heterocycles. The van der Waals surface area contributed by atoms with Crippen LogP contribution in [0.3, 0.4) is 0 Å². The Labute approximate surface area is 237 Å². The highest BCUT2D eigenvalue weighted by atomic mass is 35.5. The van der Waals surface area contributed by atoms with Crippen LogP contribution in [0.15, 0.2) is 72.9 Å². The second kappa shape index (κ2) is 10.4. The van der Waals surface area contributed by atoms with Crippen LogP contribution in [0.4, 0.5) is 13.2 Å². The average Bonchev–Trinajstić information content (AvgIpc) is 3.37. The Hall–Kier alpha value is -3.66. The van der Waals surface area contributed by atoms with Crippen molar-refractivity contribution in [2.75, 3.05) is 26.2 Å². The minimum absolute atomic E-state index is 0.0294. The molecule has 0 unspecified atom stereocenters. The summed E-state index contributed by atoms with van der Waals surface area (Å²) in [5, 5.41) is 6.71. The molecule has 40 heavy (non-hydrogen) atoms. The van der Waals surface area contributed by atoms with Gasteiger partial charge in [0.2, 0.25) is 0 Å². The van der Waals surface area contributed by atoms with Crippen molar-refractivity contribution in [1.82, 2.24) is 24.4 Å². The van der Waals surface area contributed by atoms with Gasteiger partial charge < -0.3 is 4.90 Å². The molecule has 204 valence electrons. The molecule has 2 aromatic heterocycles. The number of hydrogen-bond donors (Lipinski definition) is 0. The summed E-state index contributed by atoms with van der Waals surface area (Å²) >= 11 is 12.3. The van der Waals surface area contributed by atoms with Crippen molar-refractivity contribution in [1.29, 1.82) is 0 Å². The highest BCUT2D eigenvalue weighted by Crippen LogP contribution is 2.35. The first-order valence-electron chi connectivity index (χ1n) is 12.6. The molecule has 0 bridgehead atoms. The molecule has 3 heterocycles. The second-order valence-corrected chi connectivity index (χ2v) is 10.5. The van der Waals surface area contributed by atoms with Gasteiger partial charge in [0.05, 0.1) is 11.9 Å². The molecule has 11 heteroatoms. The Bertz CT molecular complexity index is 1740. The molecule has 0 saturated carbocycles. The third-order valence-corrected chi connectivity index (χ3v) is 7.71. The van der Waals surface area contributed by atoms with E-state index < -0.39 is 17.8 Å². The first-order valence-corrected chi connectivity index (χ1v) is 13.3. The van der Waals surface area contributed by atoms with Gasteiger partial charge in [0.1, 0.15) is 5.56 Å². The zero-order valence-electron chi connectivity index (χ0n) is 21.0. The lowest BCUT2D eigenvalue weighted by molar-refractivity contribution is -0.142. The van der Waals surface area contributed by atoms with Crippen LogP contribution in [0.1, 0.15) is 21.6 Å². The van der Waals surface area contributed by atoms with E-state index >= 15 is 0 Å². The molecule has 0 spiro atoms. The molecule has 1 aliphatic rings. The van der Waals surface area contributed by atoms with E-state index in [1.165, 1.54) is 6.20 Å². The maximum atomic E-state index is 14.2. The van der Waals surface area contributed by atoms with Crippen molar-refractivity contribution < 1.29 is 18.0 Å². The number of carbonyl (C=O) groups excluding carboxylic acids is 1. The molecule has 3 aromatic carbocycles. The number of piperazine rings is 1. The molecule has 0 N–H and O–H groups in total. The summed E-state index contributed by atoms with van der Waals surface area (Å²) in [5.41, 5.74) is 0.499. The van der Waals surface area contributed by atoms with Crippen molar-refractivity contribution >= 4 is 45.5 Å². The summed E-state index contributed by atoms with van der Waals surface area (Å²) in [6, 6.07) is 19.1. The summed E-state index contributed by atoms with van der Waals surface area (Å²) in [6.07, 6.45) is -3.53.